The Morgan fingerprint density at radius 3 is 2.26 bits per heavy atom. The number of halogens is 1. The molecule has 0 amide bonds. The molecule has 1 aromatic carbocycles. The molecule has 0 radical (unpaired) electrons. The maximum atomic E-state index is 12.2. The SMILES string of the molecule is O=c1ccc(N2CCN(c3ncc(Cl)cn3)CC2)nn1Cc1ccccc1. The average Bonchev–Trinajstić information content (AvgIpc) is 2.71. The summed E-state index contributed by atoms with van der Waals surface area (Å²) in [7, 11) is 0. The van der Waals surface area contributed by atoms with Gasteiger partial charge in [0.05, 0.1) is 24.0 Å². The molecule has 7 nitrogen and oxygen atoms in total. The van der Waals surface area contributed by atoms with Crippen molar-refractivity contribution in [2.24, 2.45) is 0 Å². The van der Waals surface area contributed by atoms with Gasteiger partial charge < -0.3 is 9.80 Å². The average molecular weight is 383 g/mol. The van der Waals surface area contributed by atoms with E-state index in [1.165, 1.54) is 4.68 Å². The van der Waals surface area contributed by atoms with Crippen LogP contribution in [0.4, 0.5) is 11.8 Å². The molecule has 27 heavy (non-hydrogen) atoms. The molecular formula is C19H19ClN6O. The molecule has 0 atom stereocenters. The van der Waals surface area contributed by atoms with E-state index in [2.05, 4.69) is 24.9 Å². The van der Waals surface area contributed by atoms with Gasteiger partial charge in [0.2, 0.25) is 5.95 Å². The van der Waals surface area contributed by atoms with Crippen LogP contribution in [0.5, 0.6) is 0 Å². The van der Waals surface area contributed by atoms with Crippen LogP contribution in [0.25, 0.3) is 0 Å². The van der Waals surface area contributed by atoms with Gasteiger partial charge in [-0.2, -0.15) is 5.10 Å². The Balaban J connectivity index is 1.46. The molecule has 2 aromatic heterocycles. The molecule has 3 aromatic rings. The van der Waals surface area contributed by atoms with Crippen molar-refractivity contribution in [2.45, 2.75) is 6.54 Å². The second kappa shape index (κ2) is 7.75. The molecule has 138 valence electrons. The molecule has 0 unspecified atom stereocenters. The summed E-state index contributed by atoms with van der Waals surface area (Å²) in [6, 6.07) is 13.2. The number of benzene rings is 1. The van der Waals surface area contributed by atoms with Crippen molar-refractivity contribution in [3.05, 3.63) is 75.8 Å². The third-order valence-electron chi connectivity index (χ3n) is 4.52. The molecule has 0 aliphatic carbocycles. The first-order valence-electron chi connectivity index (χ1n) is 8.78. The van der Waals surface area contributed by atoms with Gasteiger partial charge in [-0.3, -0.25) is 4.79 Å². The summed E-state index contributed by atoms with van der Waals surface area (Å²) in [5, 5.41) is 5.09. The van der Waals surface area contributed by atoms with Gasteiger partial charge in [-0.1, -0.05) is 41.9 Å². The van der Waals surface area contributed by atoms with Gasteiger partial charge in [0.1, 0.15) is 5.82 Å². The van der Waals surface area contributed by atoms with Crippen molar-refractivity contribution in [3.8, 4) is 0 Å². The summed E-state index contributed by atoms with van der Waals surface area (Å²) >= 11 is 5.85. The van der Waals surface area contributed by atoms with Crippen molar-refractivity contribution in [3.63, 3.8) is 0 Å². The molecule has 8 heteroatoms. The number of anilines is 2. The lowest BCUT2D eigenvalue weighted by Crippen LogP contribution is -2.47. The molecule has 0 N–H and O–H groups in total. The van der Waals surface area contributed by atoms with Crippen LogP contribution in [-0.2, 0) is 6.54 Å². The first kappa shape index (κ1) is 17.5. The monoisotopic (exact) mass is 382 g/mol. The lowest BCUT2D eigenvalue weighted by Gasteiger charge is -2.35. The van der Waals surface area contributed by atoms with Crippen molar-refractivity contribution >= 4 is 23.4 Å². The van der Waals surface area contributed by atoms with Crippen LogP contribution in [0.2, 0.25) is 5.02 Å². The Hall–Kier alpha value is -2.93. The quantitative estimate of drug-likeness (QED) is 0.688. The molecule has 0 spiro atoms. The maximum absolute atomic E-state index is 12.2. The maximum Gasteiger partial charge on any atom is 0.267 e. The summed E-state index contributed by atoms with van der Waals surface area (Å²) < 4.78 is 1.51. The molecular weight excluding hydrogens is 364 g/mol. The Morgan fingerprint density at radius 2 is 1.56 bits per heavy atom. The normalized spacial score (nSPS) is 14.4. The molecule has 0 bridgehead atoms. The molecule has 1 saturated heterocycles. The number of piperazine rings is 1. The predicted molar refractivity (Wildman–Crippen MR) is 106 cm³/mol. The first-order valence-corrected chi connectivity index (χ1v) is 9.16. The summed E-state index contributed by atoms with van der Waals surface area (Å²) in [6.45, 7) is 3.58. The van der Waals surface area contributed by atoms with Crippen LogP contribution in [-0.4, -0.2) is 45.9 Å². The third-order valence-corrected chi connectivity index (χ3v) is 4.72. The van der Waals surface area contributed by atoms with Gasteiger partial charge in [-0.15, -0.1) is 0 Å². The van der Waals surface area contributed by atoms with Gasteiger partial charge in [0.15, 0.2) is 0 Å². The van der Waals surface area contributed by atoms with E-state index < -0.39 is 0 Å². The van der Waals surface area contributed by atoms with Gasteiger partial charge in [0, 0.05) is 32.2 Å². The van der Waals surface area contributed by atoms with E-state index in [4.69, 9.17) is 11.6 Å². The van der Waals surface area contributed by atoms with Crippen LogP contribution >= 0.6 is 11.6 Å². The summed E-state index contributed by atoms with van der Waals surface area (Å²) in [4.78, 5) is 25.0. The standard InChI is InChI=1S/C19H19ClN6O/c20-16-12-21-19(22-13-16)25-10-8-24(9-11-25)17-6-7-18(27)26(23-17)14-15-4-2-1-3-5-15/h1-7,12-13H,8-11,14H2. The van der Waals surface area contributed by atoms with Crippen molar-refractivity contribution in [1.82, 2.24) is 19.7 Å². The first-order chi connectivity index (χ1) is 13.2. The van der Waals surface area contributed by atoms with E-state index in [0.717, 1.165) is 37.6 Å². The predicted octanol–water partition coefficient (Wildman–Crippen LogP) is 2.06. The Labute approximate surface area is 161 Å². The zero-order chi connectivity index (χ0) is 18.6. The van der Waals surface area contributed by atoms with Gasteiger partial charge in [0.25, 0.3) is 5.56 Å². The fourth-order valence-corrected chi connectivity index (χ4v) is 3.18. The van der Waals surface area contributed by atoms with E-state index in [0.29, 0.717) is 17.5 Å². The second-order valence-corrected chi connectivity index (χ2v) is 6.78. The van der Waals surface area contributed by atoms with Crippen molar-refractivity contribution in [1.29, 1.82) is 0 Å². The number of hydrogen-bond acceptors (Lipinski definition) is 6. The van der Waals surface area contributed by atoms with E-state index in [1.54, 1.807) is 24.5 Å². The molecule has 1 fully saturated rings. The zero-order valence-corrected chi connectivity index (χ0v) is 15.5. The zero-order valence-electron chi connectivity index (χ0n) is 14.7. The fraction of sp³-hybridized carbons (Fsp3) is 0.263. The minimum absolute atomic E-state index is 0.101. The summed E-state index contributed by atoms with van der Waals surface area (Å²) in [6.07, 6.45) is 3.22. The van der Waals surface area contributed by atoms with E-state index in [-0.39, 0.29) is 5.56 Å². The second-order valence-electron chi connectivity index (χ2n) is 6.35. The summed E-state index contributed by atoms with van der Waals surface area (Å²) in [5.41, 5.74) is 0.949. The molecule has 1 aliphatic rings. The highest BCUT2D eigenvalue weighted by atomic mass is 35.5. The lowest BCUT2D eigenvalue weighted by atomic mass is 10.2. The Kier molecular flexibility index (Phi) is 5.02. The highest BCUT2D eigenvalue weighted by Gasteiger charge is 2.20. The highest BCUT2D eigenvalue weighted by Crippen LogP contribution is 2.16. The molecule has 0 saturated carbocycles. The van der Waals surface area contributed by atoms with Crippen LogP contribution in [0, 0.1) is 0 Å². The molecule has 4 rings (SSSR count). The van der Waals surface area contributed by atoms with Crippen molar-refractivity contribution in [2.75, 3.05) is 36.0 Å². The minimum Gasteiger partial charge on any atom is -0.352 e. The summed E-state index contributed by atoms with van der Waals surface area (Å²) in [5.74, 6) is 1.49. The van der Waals surface area contributed by atoms with E-state index in [9.17, 15) is 4.79 Å². The largest absolute Gasteiger partial charge is 0.352 e. The number of nitrogens with zero attached hydrogens (tertiary/aromatic N) is 6. The molecule has 3 heterocycles. The van der Waals surface area contributed by atoms with Gasteiger partial charge in [-0.05, 0) is 11.6 Å². The van der Waals surface area contributed by atoms with Gasteiger partial charge >= 0.3 is 0 Å². The van der Waals surface area contributed by atoms with Crippen LogP contribution in [0.15, 0.2) is 59.7 Å². The van der Waals surface area contributed by atoms with Crippen LogP contribution < -0.4 is 15.4 Å². The van der Waals surface area contributed by atoms with Crippen LogP contribution in [0.1, 0.15) is 5.56 Å². The third kappa shape index (κ3) is 4.09. The van der Waals surface area contributed by atoms with E-state index >= 15 is 0 Å². The topological polar surface area (TPSA) is 67.2 Å². The smallest absolute Gasteiger partial charge is 0.267 e. The number of aromatic nitrogens is 4. The van der Waals surface area contributed by atoms with E-state index in [1.807, 2.05) is 30.3 Å². The van der Waals surface area contributed by atoms with Gasteiger partial charge in [-0.25, -0.2) is 14.6 Å². The minimum atomic E-state index is -0.101. The van der Waals surface area contributed by atoms with Crippen molar-refractivity contribution < 1.29 is 0 Å². The lowest BCUT2D eigenvalue weighted by molar-refractivity contribution is 0.597. The Bertz CT molecular complexity index is 952. The number of rotatable bonds is 4. The Morgan fingerprint density at radius 1 is 0.889 bits per heavy atom. The van der Waals surface area contributed by atoms with Crippen LogP contribution in [0.3, 0.4) is 0 Å². The fourth-order valence-electron chi connectivity index (χ4n) is 3.08. The highest BCUT2D eigenvalue weighted by molar-refractivity contribution is 6.30. The number of hydrogen-bond donors (Lipinski definition) is 0. The molecule has 1 aliphatic heterocycles.